The number of para-hydroxylation sites is 1. The molecule has 0 amide bonds. The van der Waals surface area contributed by atoms with E-state index < -0.39 is 0 Å². The number of nitrogens with zero attached hydrogens (tertiary/aromatic N) is 5. The summed E-state index contributed by atoms with van der Waals surface area (Å²) in [5.41, 5.74) is 3.25. The molecule has 1 aliphatic heterocycles. The molecule has 3 heterocycles. The van der Waals surface area contributed by atoms with Crippen LogP contribution in [-0.2, 0) is 13.1 Å². The summed E-state index contributed by atoms with van der Waals surface area (Å²) in [7, 11) is 2.08. The Morgan fingerprint density at radius 3 is 2.68 bits per heavy atom. The summed E-state index contributed by atoms with van der Waals surface area (Å²) in [5.74, 6) is 2.58. The van der Waals surface area contributed by atoms with Crippen molar-refractivity contribution < 1.29 is 0 Å². The van der Waals surface area contributed by atoms with Gasteiger partial charge in [-0.3, -0.25) is 0 Å². The van der Waals surface area contributed by atoms with Crippen LogP contribution in [0.15, 0.2) is 66.9 Å². The van der Waals surface area contributed by atoms with Crippen molar-refractivity contribution in [3.05, 3.63) is 83.0 Å². The molecule has 1 N–H and O–H groups in total. The molecule has 0 radical (unpaired) electrons. The van der Waals surface area contributed by atoms with Crippen molar-refractivity contribution in [2.45, 2.75) is 13.1 Å². The molecule has 2 aromatic heterocycles. The van der Waals surface area contributed by atoms with Gasteiger partial charge in [-0.2, -0.15) is 4.98 Å². The highest BCUT2D eigenvalue weighted by Gasteiger charge is 2.21. The van der Waals surface area contributed by atoms with E-state index >= 15 is 0 Å². The number of hydrogen-bond acceptors (Lipinski definition) is 6. The van der Waals surface area contributed by atoms with Crippen molar-refractivity contribution in [3.63, 3.8) is 0 Å². The second-order valence-electron chi connectivity index (χ2n) is 7.70. The van der Waals surface area contributed by atoms with Crippen LogP contribution in [0.2, 0.25) is 5.02 Å². The molecule has 4 aromatic rings. The molecule has 2 aromatic carbocycles. The molecule has 0 saturated heterocycles. The lowest BCUT2D eigenvalue weighted by Crippen LogP contribution is -2.30. The lowest BCUT2D eigenvalue weighted by molar-refractivity contribution is 0.770. The third kappa shape index (κ3) is 4.11. The lowest BCUT2D eigenvalue weighted by Gasteiger charge is -2.22. The summed E-state index contributed by atoms with van der Waals surface area (Å²) in [6, 6.07) is 20.1. The fourth-order valence-electron chi connectivity index (χ4n) is 3.86. The van der Waals surface area contributed by atoms with Gasteiger partial charge in [0.2, 0.25) is 5.95 Å². The Balaban J connectivity index is 1.48. The van der Waals surface area contributed by atoms with Gasteiger partial charge in [0, 0.05) is 55.4 Å². The molecule has 7 heteroatoms. The smallest absolute Gasteiger partial charge is 0.228 e. The van der Waals surface area contributed by atoms with Crippen molar-refractivity contribution in [1.82, 2.24) is 15.0 Å². The first-order chi connectivity index (χ1) is 15.2. The van der Waals surface area contributed by atoms with E-state index in [1.54, 1.807) is 0 Å². The van der Waals surface area contributed by atoms with Crippen LogP contribution in [0.1, 0.15) is 11.1 Å². The molecule has 0 bridgehead atoms. The van der Waals surface area contributed by atoms with Crippen molar-refractivity contribution in [2.24, 2.45) is 0 Å². The van der Waals surface area contributed by atoms with E-state index in [-0.39, 0.29) is 0 Å². The maximum Gasteiger partial charge on any atom is 0.228 e. The molecule has 0 saturated carbocycles. The van der Waals surface area contributed by atoms with Crippen LogP contribution in [0.25, 0.3) is 10.9 Å². The largest absolute Gasteiger partial charge is 0.365 e. The molecule has 0 fully saturated rings. The van der Waals surface area contributed by atoms with Crippen LogP contribution >= 0.6 is 11.6 Å². The molecule has 0 spiro atoms. The monoisotopic (exact) mass is 430 g/mol. The molecule has 0 atom stereocenters. The summed E-state index contributed by atoms with van der Waals surface area (Å²) >= 11 is 6.02. The predicted molar refractivity (Wildman–Crippen MR) is 127 cm³/mol. The van der Waals surface area contributed by atoms with Gasteiger partial charge in [-0.05, 0) is 35.9 Å². The summed E-state index contributed by atoms with van der Waals surface area (Å²) in [6.07, 6.45) is 1.84. The molecule has 31 heavy (non-hydrogen) atoms. The Bertz CT molecular complexity index is 1210. The summed E-state index contributed by atoms with van der Waals surface area (Å²) in [6.45, 7) is 3.06. The maximum absolute atomic E-state index is 6.02. The molecule has 156 valence electrons. The average Bonchev–Trinajstić information content (AvgIpc) is 2.97. The van der Waals surface area contributed by atoms with Crippen LogP contribution in [0.5, 0.6) is 0 Å². The van der Waals surface area contributed by atoms with E-state index in [0.717, 1.165) is 58.7 Å². The van der Waals surface area contributed by atoms with E-state index in [0.29, 0.717) is 6.54 Å². The minimum atomic E-state index is 0.660. The number of pyridine rings is 1. The van der Waals surface area contributed by atoms with E-state index in [4.69, 9.17) is 21.6 Å². The SMILES string of the molecule is CN1CCN(c2nc(NCc3ccc(Cl)cc3)c3ccccc3n2)Cc2cccnc21. The lowest BCUT2D eigenvalue weighted by atomic mass is 10.2. The molecule has 0 aliphatic carbocycles. The normalized spacial score (nSPS) is 13.7. The van der Waals surface area contributed by atoms with Gasteiger partial charge >= 0.3 is 0 Å². The Labute approximate surface area is 186 Å². The third-order valence-corrected chi connectivity index (χ3v) is 5.80. The van der Waals surface area contributed by atoms with Gasteiger partial charge in [-0.1, -0.05) is 41.9 Å². The first-order valence-electron chi connectivity index (χ1n) is 10.3. The second-order valence-corrected chi connectivity index (χ2v) is 8.14. The first-order valence-corrected chi connectivity index (χ1v) is 10.7. The van der Waals surface area contributed by atoms with E-state index in [1.807, 2.05) is 54.7 Å². The van der Waals surface area contributed by atoms with Gasteiger partial charge in [0.05, 0.1) is 5.52 Å². The van der Waals surface area contributed by atoms with Gasteiger partial charge in [-0.15, -0.1) is 0 Å². The number of likely N-dealkylation sites (N-methyl/N-ethyl adjacent to an activating group) is 1. The van der Waals surface area contributed by atoms with Crippen molar-refractivity contribution >= 4 is 40.1 Å². The fraction of sp³-hybridized carbons (Fsp3) is 0.208. The number of anilines is 3. The molecule has 6 nitrogen and oxygen atoms in total. The highest BCUT2D eigenvalue weighted by molar-refractivity contribution is 6.30. The highest BCUT2D eigenvalue weighted by atomic mass is 35.5. The minimum Gasteiger partial charge on any atom is -0.365 e. The van der Waals surface area contributed by atoms with E-state index in [1.165, 1.54) is 5.56 Å². The van der Waals surface area contributed by atoms with Gasteiger partial charge in [0.25, 0.3) is 0 Å². The standard InChI is InChI=1S/C24H23ClN6/c1-30-13-14-31(16-18-5-4-12-26-23(18)30)24-28-21-7-3-2-6-20(21)22(29-24)27-15-17-8-10-19(25)11-9-17/h2-12H,13-16H2,1H3,(H,27,28,29). The van der Waals surface area contributed by atoms with Crippen LogP contribution in [0.4, 0.5) is 17.6 Å². The van der Waals surface area contributed by atoms with Gasteiger partial charge in [0.15, 0.2) is 0 Å². The van der Waals surface area contributed by atoms with Gasteiger partial charge < -0.3 is 15.1 Å². The number of nitrogens with one attached hydrogen (secondary N) is 1. The van der Waals surface area contributed by atoms with Crippen molar-refractivity contribution in [1.29, 1.82) is 0 Å². The van der Waals surface area contributed by atoms with Crippen LogP contribution < -0.4 is 15.1 Å². The number of rotatable bonds is 4. The molecule has 5 rings (SSSR count). The maximum atomic E-state index is 6.02. The molecule has 0 unspecified atom stereocenters. The predicted octanol–water partition coefficient (Wildman–Crippen LogP) is 4.75. The van der Waals surface area contributed by atoms with Gasteiger partial charge in [-0.25, -0.2) is 9.97 Å². The number of aromatic nitrogens is 3. The fourth-order valence-corrected chi connectivity index (χ4v) is 3.98. The number of fused-ring (bicyclic) bond motifs is 2. The quantitative estimate of drug-likeness (QED) is 0.504. The zero-order valence-electron chi connectivity index (χ0n) is 17.3. The topological polar surface area (TPSA) is 57.2 Å². The Morgan fingerprint density at radius 2 is 1.81 bits per heavy atom. The molecule has 1 aliphatic rings. The third-order valence-electron chi connectivity index (χ3n) is 5.54. The zero-order chi connectivity index (χ0) is 21.2. The second kappa shape index (κ2) is 8.40. The summed E-state index contributed by atoms with van der Waals surface area (Å²) < 4.78 is 0. The highest BCUT2D eigenvalue weighted by Crippen LogP contribution is 2.28. The van der Waals surface area contributed by atoms with Crippen LogP contribution in [-0.4, -0.2) is 35.1 Å². The van der Waals surface area contributed by atoms with Gasteiger partial charge in [0.1, 0.15) is 11.6 Å². The summed E-state index contributed by atoms with van der Waals surface area (Å²) in [5, 5.41) is 5.25. The first kappa shape index (κ1) is 19.6. The summed E-state index contributed by atoms with van der Waals surface area (Å²) in [4.78, 5) is 18.8. The number of benzene rings is 2. The van der Waals surface area contributed by atoms with Crippen LogP contribution in [0, 0.1) is 0 Å². The van der Waals surface area contributed by atoms with Crippen molar-refractivity contribution in [3.8, 4) is 0 Å². The zero-order valence-corrected chi connectivity index (χ0v) is 18.0. The Morgan fingerprint density at radius 1 is 0.968 bits per heavy atom. The molecular weight excluding hydrogens is 408 g/mol. The van der Waals surface area contributed by atoms with Crippen molar-refractivity contribution in [2.75, 3.05) is 35.3 Å². The average molecular weight is 431 g/mol. The Kier molecular flexibility index (Phi) is 5.30. The van der Waals surface area contributed by atoms with Crippen LogP contribution in [0.3, 0.4) is 0 Å². The van der Waals surface area contributed by atoms with E-state index in [9.17, 15) is 0 Å². The Hall–Kier alpha value is -3.38. The minimum absolute atomic E-state index is 0.660. The number of hydrogen-bond donors (Lipinski definition) is 1. The molecular formula is C24H23ClN6. The van der Waals surface area contributed by atoms with E-state index in [2.05, 4.69) is 39.3 Å². The number of halogens is 1.